The zero-order valence-electron chi connectivity index (χ0n) is 13.6. The van der Waals surface area contributed by atoms with Crippen LogP contribution in [0.2, 0.25) is 5.02 Å². The summed E-state index contributed by atoms with van der Waals surface area (Å²) < 4.78 is 4.63. The van der Waals surface area contributed by atoms with Crippen LogP contribution in [-0.4, -0.2) is 25.0 Å². The molecule has 0 bridgehead atoms. The van der Waals surface area contributed by atoms with Gasteiger partial charge in [-0.3, -0.25) is 4.79 Å². The molecule has 0 heterocycles. The minimum Gasteiger partial charge on any atom is -0.465 e. The van der Waals surface area contributed by atoms with Crippen LogP contribution in [0.5, 0.6) is 0 Å². The SMILES string of the molecule is COC(=O)c1ccc(Cl)c(NC(=O)Nc2cccc(NC(C)=O)c2)c1. The third-order valence-electron chi connectivity index (χ3n) is 3.08. The number of ether oxygens (including phenoxy) is 1. The molecular formula is C17H16ClN3O4. The van der Waals surface area contributed by atoms with Crippen LogP contribution in [0, 0.1) is 0 Å². The lowest BCUT2D eigenvalue weighted by Gasteiger charge is -2.11. The number of benzene rings is 2. The number of carbonyl (C=O) groups is 3. The highest BCUT2D eigenvalue weighted by atomic mass is 35.5. The molecule has 0 fully saturated rings. The van der Waals surface area contributed by atoms with Gasteiger partial charge in [-0.1, -0.05) is 17.7 Å². The van der Waals surface area contributed by atoms with E-state index in [2.05, 4.69) is 20.7 Å². The second kappa shape index (κ2) is 8.16. The number of amides is 3. The third-order valence-corrected chi connectivity index (χ3v) is 3.41. The molecule has 0 aliphatic carbocycles. The van der Waals surface area contributed by atoms with Crippen molar-refractivity contribution < 1.29 is 19.1 Å². The van der Waals surface area contributed by atoms with E-state index in [4.69, 9.17) is 11.6 Å². The molecule has 3 amide bonds. The monoisotopic (exact) mass is 361 g/mol. The van der Waals surface area contributed by atoms with E-state index in [1.165, 1.54) is 32.2 Å². The molecule has 3 N–H and O–H groups in total. The topological polar surface area (TPSA) is 96.5 Å². The van der Waals surface area contributed by atoms with Crippen molar-refractivity contribution in [1.29, 1.82) is 0 Å². The van der Waals surface area contributed by atoms with E-state index in [-0.39, 0.29) is 22.2 Å². The van der Waals surface area contributed by atoms with Gasteiger partial charge in [-0.25, -0.2) is 9.59 Å². The molecule has 0 unspecified atom stereocenters. The Bertz CT molecular complexity index is 823. The van der Waals surface area contributed by atoms with Crippen molar-refractivity contribution in [3.8, 4) is 0 Å². The number of hydrogen-bond acceptors (Lipinski definition) is 4. The van der Waals surface area contributed by atoms with Crippen molar-refractivity contribution in [2.24, 2.45) is 0 Å². The van der Waals surface area contributed by atoms with Crippen LogP contribution in [0.3, 0.4) is 0 Å². The minimum absolute atomic E-state index is 0.215. The Kier molecular flexibility index (Phi) is 5.97. The minimum atomic E-state index is -0.552. The zero-order valence-corrected chi connectivity index (χ0v) is 14.3. The van der Waals surface area contributed by atoms with Gasteiger partial charge in [-0.15, -0.1) is 0 Å². The van der Waals surface area contributed by atoms with Gasteiger partial charge in [0.1, 0.15) is 0 Å². The van der Waals surface area contributed by atoms with Crippen LogP contribution in [0.25, 0.3) is 0 Å². The summed E-state index contributed by atoms with van der Waals surface area (Å²) in [7, 11) is 1.26. The fourth-order valence-corrected chi connectivity index (χ4v) is 2.19. The maximum Gasteiger partial charge on any atom is 0.337 e. The first kappa shape index (κ1) is 18.3. The van der Waals surface area contributed by atoms with Crippen molar-refractivity contribution >= 4 is 46.6 Å². The molecule has 0 radical (unpaired) electrons. The summed E-state index contributed by atoms with van der Waals surface area (Å²) in [5.74, 6) is -0.754. The molecule has 0 atom stereocenters. The fourth-order valence-electron chi connectivity index (χ4n) is 2.03. The molecule has 0 aliphatic heterocycles. The first-order valence-electron chi connectivity index (χ1n) is 7.22. The number of anilines is 3. The number of esters is 1. The van der Waals surface area contributed by atoms with E-state index in [1.54, 1.807) is 24.3 Å². The number of nitrogens with one attached hydrogen (secondary N) is 3. The van der Waals surface area contributed by atoms with Gasteiger partial charge in [0.25, 0.3) is 0 Å². The molecule has 2 aromatic rings. The Morgan fingerprint density at radius 3 is 2.28 bits per heavy atom. The number of rotatable bonds is 4. The molecule has 25 heavy (non-hydrogen) atoms. The normalized spacial score (nSPS) is 9.88. The Balaban J connectivity index is 2.10. The van der Waals surface area contributed by atoms with Gasteiger partial charge < -0.3 is 20.7 Å². The van der Waals surface area contributed by atoms with E-state index in [9.17, 15) is 14.4 Å². The zero-order chi connectivity index (χ0) is 18.4. The number of carbonyl (C=O) groups excluding carboxylic acids is 3. The number of methoxy groups -OCH3 is 1. The molecule has 7 nitrogen and oxygen atoms in total. The average molecular weight is 362 g/mol. The van der Waals surface area contributed by atoms with E-state index < -0.39 is 12.0 Å². The number of halogens is 1. The van der Waals surface area contributed by atoms with E-state index in [1.807, 2.05) is 0 Å². The first-order chi connectivity index (χ1) is 11.9. The standard InChI is InChI=1S/C17H16ClN3O4/c1-10(22)19-12-4-3-5-13(9-12)20-17(24)21-15-8-11(16(23)25-2)6-7-14(15)18/h3-9H,1-2H3,(H,19,22)(H2,20,21,24). The van der Waals surface area contributed by atoms with Gasteiger partial charge in [0, 0.05) is 18.3 Å². The molecule has 2 rings (SSSR count). The van der Waals surface area contributed by atoms with Crippen molar-refractivity contribution in [3.63, 3.8) is 0 Å². The summed E-state index contributed by atoms with van der Waals surface area (Å²) in [6.07, 6.45) is 0. The van der Waals surface area contributed by atoms with Crippen LogP contribution in [0.4, 0.5) is 21.9 Å². The van der Waals surface area contributed by atoms with Crippen LogP contribution in [-0.2, 0) is 9.53 Å². The smallest absolute Gasteiger partial charge is 0.337 e. The Labute approximate surface area is 149 Å². The highest BCUT2D eigenvalue weighted by Gasteiger charge is 2.11. The van der Waals surface area contributed by atoms with Gasteiger partial charge in [0.2, 0.25) is 5.91 Å². The predicted octanol–water partition coefficient (Wildman–Crippen LogP) is 3.73. The molecule has 0 saturated heterocycles. The van der Waals surface area contributed by atoms with Crippen LogP contribution >= 0.6 is 11.6 Å². The predicted molar refractivity (Wildman–Crippen MR) is 96.2 cm³/mol. The molecule has 0 aliphatic rings. The van der Waals surface area contributed by atoms with E-state index >= 15 is 0 Å². The van der Waals surface area contributed by atoms with Gasteiger partial charge in [-0.2, -0.15) is 0 Å². The van der Waals surface area contributed by atoms with Crippen LogP contribution in [0.15, 0.2) is 42.5 Å². The molecule has 8 heteroatoms. The second-order valence-electron chi connectivity index (χ2n) is 5.03. The highest BCUT2D eigenvalue weighted by Crippen LogP contribution is 2.24. The molecule has 0 spiro atoms. The van der Waals surface area contributed by atoms with Gasteiger partial charge in [0.15, 0.2) is 0 Å². The first-order valence-corrected chi connectivity index (χ1v) is 7.60. The van der Waals surface area contributed by atoms with Gasteiger partial charge in [0.05, 0.1) is 23.4 Å². The molecule has 0 saturated carbocycles. The fraction of sp³-hybridized carbons (Fsp3) is 0.118. The third kappa shape index (κ3) is 5.22. The van der Waals surface area contributed by atoms with Crippen LogP contribution < -0.4 is 16.0 Å². The van der Waals surface area contributed by atoms with Crippen molar-refractivity contribution in [1.82, 2.24) is 0 Å². The van der Waals surface area contributed by atoms with E-state index in [0.29, 0.717) is 11.4 Å². The lowest BCUT2D eigenvalue weighted by Crippen LogP contribution is -2.20. The summed E-state index contributed by atoms with van der Waals surface area (Å²) in [5, 5.41) is 8.07. The lowest BCUT2D eigenvalue weighted by atomic mass is 10.2. The van der Waals surface area contributed by atoms with E-state index in [0.717, 1.165) is 0 Å². The Hall–Kier alpha value is -3.06. The van der Waals surface area contributed by atoms with Gasteiger partial charge >= 0.3 is 12.0 Å². The van der Waals surface area contributed by atoms with Crippen molar-refractivity contribution in [3.05, 3.63) is 53.1 Å². The maximum atomic E-state index is 12.1. The Morgan fingerprint density at radius 1 is 0.960 bits per heavy atom. The lowest BCUT2D eigenvalue weighted by molar-refractivity contribution is -0.114. The van der Waals surface area contributed by atoms with Crippen molar-refractivity contribution in [2.45, 2.75) is 6.92 Å². The van der Waals surface area contributed by atoms with Crippen LogP contribution in [0.1, 0.15) is 17.3 Å². The molecular weight excluding hydrogens is 346 g/mol. The maximum absolute atomic E-state index is 12.1. The largest absolute Gasteiger partial charge is 0.465 e. The number of hydrogen-bond donors (Lipinski definition) is 3. The average Bonchev–Trinajstić information content (AvgIpc) is 2.55. The molecule has 0 aromatic heterocycles. The summed E-state index contributed by atoms with van der Waals surface area (Å²) in [4.78, 5) is 34.8. The Morgan fingerprint density at radius 2 is 1.64 bits per heavy atom. The second-order valence-corrected chi connectivity index (χ2v) is 5.43. The summed E-state index contributed by atoms with van der Waals surface area (Å²) in [5.41, 5.74) is 1.55. The molecule has 130 valence electrons. The summed E-state index contributed by atoms with van der Waals surface area (Å²) in [6.45, 7) is 1.39. The summed E-state index contributed by atoms with van der Waals surface area (Å²) in [6, 6.07) is 10.5. The summed E-state index contributed by atoms with van der Waals surface area (Å²) >= 11 is 6.03. The van der Waals surface area contributed by atoms with Gasteiger partial charge in [-0.05, 0) is 36.4 Å². The highest BCUT2D eigenvalue weighted by molar-refractivity contribution is 6.34. The number of urea groups is 1. The quantitative estimate of drug-likeness (QED) is 0.723. The molecule has 2 aromatic carbocycles. The van der Waals surface area contributed by atoms with Crippen molar-refractivity contribution in [2.75, 3.05) is 23.1 Å².